The summed E-state index contributed by atoms with van der Waals surface area (Å²) < 4.78 is 23.9. The number of carbonyl (C=O) groups excluding carboxylic acids is 1. The molecular formula is C12H18N2O3S. The van der Waals surface area contributed by atoms with Crippen LogP contribution in [0.5, 0.6) is 0 Å². The molecular weight excluding hydrogens is 252 g/mol. The van der Waals surface area contributed by atoms with Crippen LogP contribution in [-0.4, -0.2) is 27.6 Å². The van der Waals surface area contributed by atoms with Gasteiger partial charge in [-0.1, -0.05) is 6.92 Å². The average molecular weight is 270 g/mol. The van der Waals surface area contributed by atoms with E-state index < -0.39 is 10.0 Å². The Balaban J connectivity index is 2.77. The lowest BCUT2D eigenvalue weighted by atomic mass is 10.2. The number of hydrogen-bond donors (Lipinski definition) is 1. The van der Waals surface area contributed by atoms with Gasteiger partial charge in [0, 0.05) is 19.2 Å². The van der Waals surface area contributed by atoms with Gasteiger partial charge in [-0.2, -0.15) is 0 Å². The van der Waals surface area contributed by atoms with Crippen molar-refractivity contribution >= 4 is 27.3 Å². The van der Waals surface area contributed by atoms with Gasteiger partial charge in [-0.3, -0.25) is 9.10 Å². The zero-order chi connectivity index (χ0) is 13.8. The molecule has 0 saturated heterocycles. The Morgan fingerprint density at radius 2 is 1.83 bits per heavy atom. The van der Waals surface area contributed by atoms with Crippen molar-refractivity contribution in [2.45, 2.75) is 19.8 Å². The second kappa shape index (κ2) is 5.86. The Morgan fingerprint density at radius 3 is 2.28 bits per heavy atom. The Bertz CT molecular complexity index is 509. The molecule has 0 atom stereocenters. The van der Waals surface area contributed by atoms with Crippen LogP contribution in [-0.2, 0) is 14.8 Å². The summed E-state index contributed by atoms with van der Waals surface area (Å²) in [6.45, 7) is 1.93. The van der Waals surface area contributed by atoms with Gasteiger partial charge in [0.15, 0.2) is 0 Å². The molecule has 0 unspecified atom stereocenters. The Hall–Kier alpha value is -1.56. The maximum Gasteiger partial charge on any atom is 0.231 e. The fraction of sp³-hybridized carbons (Fsp3) is 0.417. The van der Waals surface area contributed by atoms with E-state index in [1.165, 1.54) is 11.4 Å². The van der Waals surface area contributed by atoms with Gasteiger partial charge < -0.3 is 5.32 Å². The summed E-state index contributed by atoms with van der Waals surface area (Å²) >= 11 is 0. The molecule has 100 valence electrons. The first-order valence-electron chi connectivity index (χ1n) is 5.68. The lowest BCUT2D eigenvalue weighted by molar-refractivity contribution is -0.116. The third kappa shape index (κ3) is 4.03. The number of amides is 1. The Morgan fingerprint density at radius 1 is 1.28 bits per heavy atom. The van der Waals surface area contributed by atoms with Crippen molar-refractivity contribution in [3.05, 3.63) is 24.3 Å². The van der Waals surface area contributed by atoms with E-state index >= 15 is 0 Å². The molecule has 1 aromatic rings. The number of hydrogen-bond acceptors (Lipinski definition) is 3. The zero-order valence-electron chi connectivity index (χ0n) is 10.8. The summed E-state index contributed by atoms with van der Waals surface area (Å²) in [5.41, 5.74) is 1.23. The number of carbonyl (C=O) groups is 1. The SMILES string of the molecule is CCCC(=O)Nc1ccc(N(C)S(C)(=O)=O)cc1. The van der Waals surface area contributed by atoms with Crippen LogP contribution in [0, 0.1) is 0 Å². The largest absolute Gasteiger partial charge is 0.326 e. The molecule has 0 aliphatic heterocycles. The van der Waals surface area contributed by atoms with E-state index in [2.05, 4.69) is 5.32 Å². The number of nitrogens with zero attached hydrogens (tertiary/aromatic N) is 1. The number of nitrogens with one attached hydrogen (secondary N) is 1. The van der Waals surface area contributed by atoms with E-state index in [-0.39, 0.29) is 5.91 Å². The molecule has 0 heterocycles. The fourth-order valence-electron chi connectivity index (χ4n) is 1.40. The summed E-state index contributed by atoms with van der Waals surface area (Å²) in [7, 11) is -1.77. The average Bonchev–Trinajstić information content (AvgIpc) is 2.28. The number of rotatable bonds is 5. The van der Waals surface area contributed by atoms with E-state index in [0.717, 1.165) is 12.7 Å². The van der Waals surface area contributed by atoms with Crippen molar-refractivity contribution in [2.24, 2.45) is 0 Å². The minimum atomic E-state index is -3.25. The lowest BCUT2D eigenvalue weighted by Crippen LogP contribution is -2.24. The summed E-state index contributed by atoms with van der Waals surface area (Å²) in [6.07, 6.45) is 2.41. The van der Waals surface area contributed by atoms with Crippen molar-refractivity contribution in [1.82, 2.24) is 0 Å². The van der Waals surface area contributed by atoms with Crippen molar-refractivity contribution in [2.75, 3.05) is 22.9 Å². The molecule has 0 bridgehead atoms. The molecule has 0 aromatic heterocycles. The summed E-state index contributed by atoms with van der Waals surface area (Å²) in [5, 5.41) is 2.74. The van der Waals surface area contributed by atoms with Crippen LogP contribution in [0.25, 0.3) is 0 Å². The van der Waals surface area contributed by atoms with Crippen LogP contribution >= 0.6 is 0 Å². The highest BCUT2D eigenvalue weighted by Gasteiger charge is 2.11. The fourth-order valence-corrected chi connectivity index (χ4v) is 1.90. The standard InChI is InChI=1S/C12H18N2O3S/c1-4-5-12(15)13-10-6-8-11(9-7-10)14(2)18(3,16)17/h6-9H,4-5H2,1-3H3,(H,13,15). The lowest BCUT2D eigenvalue weighted by Gasteiger charge is -2.16. The van der Waals surface area contributed by atoms with Gasteiger partial charge in [0.2, 0.25) is 15.9 Å². The highest BCUT2D eigenvalue weighted by atomic mass is 32.2. The molecule has 1 aromatic carbocycles. The number of sulfonamides is 1. The molecule has 0 radical (unpaired) electrons. The highest BCUT2D eigenvalue weighted by molar-refractivity contribution is 7.92. The third-order valence-electron chi connectivity index (χ3n) is 2.49. The van der Waals surface area contributed by atoms with E-state index in [4.69, 9.17) is 0 Å². The molecule has 0 saturated carbocycles. The number of anilines is 2. The molecule has 0 aliphatic carbocycles. The molecule has 1 N–H and O–H groups in total. The van der Waals surface area contributed by atoms with Crippen LogP contribution in [0.1, 0.15) is 19.8 Å². The second-order valence-electron chi connectivity index (χ2n) is 4.08. The first-order valence-corrected chi connectivity index (χ1v) is 7.53. The molecule has 5 nitrogen and oxygen atoms in total. The highest BCUT2D eigenvalue weighted by Crippen LogP contribution is 2.18. The monoisotopic (exact) mass is 270 g/mol. The van der Waals surface area contributed by atoms with Crippen molar-refractivity contribution in [3.8, 4) is 0 Å². The normalized spacial score (nSPS) is 11.1. The maximum absolute atomic E-state index is 11.4. The van der Waals surface area contributed by atoms with Crippen LogP contribution in [0.3, 0.4) is 0 Å². The van der Waals surface area contributed by atoms with Gasteiger partial charge in [-0.05, 0) is 30.7 Å². The van der Waals surface area contributed by atoms with E-state index in [1.807, 2.05) is 6.92 Å². The summed E-state index contributed by atoms with van der Waals surface area (Å²) in [5.74, 6) is -0.0401. The van der Waals surface area contributed by atoms with E-state index in [9.17, 15) is 13.2 Å². The van der Waals surface area contributed by atoms with E-state index in [1.54, 1.807) is 24.3 Å². The van der Waals surface area contributed by atoms with Crippen LogP contribution in [0.2, 0.25) is 0 Å². The number of benzene rings is 1. The van der Waals surface area contributed by atoms with E-state index in [0.29, 0.717) is 17.8 Å². The molecule has 0 spiro atoms. The summed E-state index contributed by atoms with van der Waals surface area (Å²) in [4.78, 5) is 11.4. The van der Waals surface area contributed by atoms with Crippen molar-refractivity contribution < 1.29 is 13.2 Å². The summed E-state index contributed by atoms with van der Waals surface area (Å²) in [6, 6.07) is 6.68. The quantitative estimate of drug-likeness (QED) is 0.887. The third-order valence-corrected chi connectivity index (χ3v) is 3.69. The molecule has 6 heteroatoms. The molecule has 18 heavy (non-hydrogen) atoms. The Labute approximate surface area is 108 Å². The van der Waals surface area contributed by atoms with Crippen molar-refractivity contribution in [1.29, 1.82) is 0 Å². The minimum Gasteiger partial charge on any atom is -0.326 e. The smallest absolute Gasteiger partial charge is 0.231 e. The minimum absolute atomic E-state index is 0.0401. The predicted octanol–water partition coefficient (Wildman–Crippen LogP) is 1.82. The molecule has 1 rings (SSSR count). The maximum atomic E-state index is 11.4. The van der Waals surface area contributed by atoms with Gasteiger partial charge >= 0.3 is 0 Å². The predicted molar refractivity (Wildman–Crippen MR) is 73.2 cm³/mol. The van der Waals surface area contributed by atoms with Crippen LogP contribution in [0.4, 0.5) is 11.4 Å². The second-order valence-corrected chi connectivity index (χ2v) is 6.09. The molecule has 0 fully saturated rings. The first kappa shape index (κ1) is 14.5. The van der Waals surface area contributed by atoms with Gasteiger partial charge in [0.1, 0.15) is 0 Å². The van der Waals surface area contributed by atoms with Gasteiger partial charge in [0.25, 0.3) is 0 Å². The Kier molecular flexibility index (Phi) is 4.72. The zero-order valence-corrected chi connectivity index (χ0v) is 11.6. The molecule has 0 aliphatic rings. The topological polar surface area (TPSA) is 66.5 Å². The van der Waals surface area contributed by atoms with Gasteiger partial charge in [-0.15, -0.1) is 0 Å². The molecule has 1 amide bonds. The van der Waals surface area contributed by atoms with Crippen molar-refractivity contribution in [3.63, 3.8) is 0 Å². The van der Waals surface area contributed by atoms with Crippen LogP contribution in [0.15, 0.2) is 24.3 Å². The van der Waals surface area contributed by atoms with Gasteiger partial charge in [-0.25, -0.2) is 8.42 Å². The van der Waals surface area contributed by atoms with Crippen LogP contribution < -0.4 is 9.62 Å². The first-order chi connectivity index (χ1) is 8.34. The van der Waals surface area contributed by atoms with Gasteiger partial charge in [0.05, 0.1) is 11.9 Å².